The molecule has 2 amide bonds. The first-order chi connectivity index (χ1) is 12.9. The van der Waals surface area contributed by atoms with E-state index in [1.54, 1.807) is 12.1 Å². The topological polar surface area (TPSA) is 88.8 Å². The van der Waals surface area contributed by atoms with Crippen LogP contribution in [0.3, 0.4) is 0 Å². The zero-order valence-electron chi connectivity index (χ0n) is 14.3. The number of esters is 1. The minimum absolute atomic E-state index is 0.0424. The molecule has 0 bridgehead atoms. The van der Waals surface area contributed by atoms with Crippen molar-refractivity contribution in [1.82, 2.24) is 4.90 Å². The summed E-state index contributed by atoms with van der Waals surface area (Å²) in [7, 11) is 1.06. The van der Waals surface area contributed by atoms with Crippen LogP contribution < -0.4 is 5.32 Å². The predicted octanol–water partition coefficient (Wildman–Crippen LogP) is 2.33. The maximum atomic E-state index is 14.0. The smallest absolute Gasteiger partial charge is 0.340 e. The van der Waals surface area contributed by atoms with Crippen molar-refractivity contribution < 1.29 is 32.3 Å². The van der Waals surface area contributed by atoms with Crippen LogP contribution in [0.2, 0.25) is 0 Å². The molecule has 1 saturated heterocycles. The summed E-state index contributed by atoms with van der Waals surface area (Å²) in [6.07, 6.45) is 1.44. The number of benzene rings is 1. The maximum Gasteiger partial charge on any atom is 0.340 e. The number of carbonyl (C=O) groups is 3. The summed E-state index contributed by atoms with van der Waals surface area (Å²) >= 11 is 0. The summed E-state index contributed by atoms with van der Waals surface area (Å²) in [5, 5.41) is 2.31. The molecule has 1 fully saturated rings. The summed E-state index contributed by atoms with van der Waals surface area (Å²) in [4.78, 5) is 37.5. The molecule has 0 radical (unpaired) electrons. The average Bonchev–Trinajstić information content (AvgIpc) is 3.27. The fourth-order valence-electron chi connectivity index (χ4n) is 2.84. The molecule has 7 nitrogen and oxygen atoms in total. The van der Waals surface area contributed by atoms with Gasteiger partial charge >= 0.3 is 5.97 Å². The molecule has 2 aromatic rings. The molecule has 0 aliphatic carbocycles. The number of carbonyl (C=O) groups excluding carboxylic acids is 3. The summed E-state index contributed by atoms with van der Waals surface area (Å²) in [5.74, 6) is -4.10. The van der Waals surface area contributed by atoms with Gasteiger partial charge in [0.1, 0.15) is 17.4 Å². The minimum Gasteiger partial charge on any atom is -0.467 e. The molecule has 1 aliphatic rings. The standard InChI is InChI=1S/C18H16F2N2O5/c1-26-18(25)12-6-15(14(20)7-13(12)19)21-17(24)10-5-16(23)22(8-10)9-11-3-2-4-27-11/h2-4,6-7,10H,5,8-9H2,1H3,(H,21,24)/t10-/m0/s1. The molecular formula is C18H16F2N2O5. The van der Waals surface area contributed by atoms with Crippen LogP contribution in [0.4, 0.5) is 14.5 Å². The second kappa shape index (κ2) is 7.56. The summed E-state index contributed by atoms with van der Waals surface area (Å²) in [6, 6.07) is 4.76. The van der Waals surface area contributed by atoms with Crippen molar-refractivity contribution >= 4 is 23.5 Å². The van der Waals surface area contributed by atoms with E-state index >= 15 is 0 Å². The number of nitrogens with one attached hydrogen (secondary N) is 1. The number of likely N-dealkylation sites (tertiary alicyclic amines) is 1. The Kier molecular flexibility index (Phi) is 5.20. The third-order valence-electron chi connectivity index (χ3n) is 4.23. The predicted molar refractivity (Wildman–Crippen MR) is 88.6 cm³/mol. The van der Waals surface area contributed by atoms with Crippen molar-refractivity contribution in [3.63, 3.8) is 0 Å². The molecule has 1 aromatic heterocycles. The SMILES string of the molecule is COC(=O)c1cc(NC(=O)[C@H]2CC(=O)N(Cc3ccco3)C2)c(F)cc1F. The Balaban J connectivity index is 1.70. The Hall–Kier alpha value is -3.23. The van der Waals surface area contributed by atoms with Crippen molar-refractivity contribution in [3.8, 4) is 0 Å². The lowest BCUT2D eigenvalue weighted by Gasteiger charge is -2.15. The highest BCUT2D eigenvalue weighted by molar-refractivity contribution is 5.98. The van der Waals surface area contributed by atoms with E-state index in [-0.39, 0.29) is 31.1 Å². The Morgan fingerprint density at radius 3 is 2.78 bits per heavy atom. The van der Waals surface area contributed by atoms with Crippen LogP contribution in [-0.4, -0.2) is 36.3 Å². The third-order valence-corrected chi connectivity index (χ3v) is 4.23. The Morgan fingerprint density at radius 2 is 2.11 bits per heavy atom. The van der Waals surface area contributed by atoms with Gasteiger partial charge in [-0.2, -0.15) is 0 Å². The molecule has 0 saturated carbocycles. The van der Waals surface area contributed by atoms with E-state index in [0.29, 0.717) is 11.8 Å². The van der Waals surface area contributed by atoms with Gasteiger partial charge in [0.2, 0.25) is 11.8 Å². The summed E-state index contributed by atoms with van der Waals surface area (Å²) in [6.45, 7) is 0.366. The first-order valence-corrected chi connectivity index (χ1v) is 8.07. The molecule has 0 spiro atoms. The van der Waals surface area contributed by atoms with Crippen molar-refractivity contribution in [3.05, 3.63) is 53.5 Å². The number of rotatable bonds is 5. The summed E-state index contributed by atoms with van der Waals surface area (Å²) < 4.78 is 37.2. The number of hydrogen-bond acceptors (Lipinski definition) is 5. The van der Waals surface area contributed by atoms with Crippen molar-refractivity contribution in [2.75, 3.05) is 19.0 Å². The number of nitrogens with zero attached hydrogens (tertiary/aromatic N) is 1. The number of amides is 2. The highest BCUT2D eigenvalue weighted by atomic mass is 19.1. The van der Waals surface area contributed by atoms with Crippen LogP contribution in [0.15, 0.2) is 34.9 Å². The fraction of sp³-hybridized carbons (Fsp3) is 0.278. The van der Waals surface area contributed by atoms with Crippen LogP contribution in [0.25, 0.3) is 0 Å². The quantitative estimate of drug-likeness (QED) is 0.807. The molecule has 142 valence electrons. The van der Waals surface area contributed by atoms with E-state index in [2.05, 4.69) is 10.1 Å². The minimum atomic E-state index is -1.10. The van der Waals surface area contributed by atoms with Gasteiger partial charge < -0.3 is 19.4 Å². The average molecular weight is 378 g/mol. The van der Waals surface area contributed by atoms with Gasteiger partial charge in [-0.3, -0.25) is 9.59 Å². The van der Waals surface area contributed by atoms with E-state index in [1.165, 1.54) is 11.2 Å². The third kappa shape index (κ3) is 3.97. The Bertz CT molecular complexity index is 882. The molecule has 1 N–H and O–H groups in total. The van der Waals surface area contributed by atoms with Crippen LogP contribution in [0.5, 0.6) is 0 Å². The number of anilines is 1. The van der Waals surface area contributed by atoms with Gasteiger partial charge in [0, 0.05) is 19.0 Å². The largest absolute Gasteiger partial charge is 0.467 e. The van der Waals surface area contributed by atoms with Crippen LogP contribution in [-0.2, 0) is 20.9 Å². The molecule has 27 heavy (non-hydrogen) atoms. The highest BCUT2D eigenvalue weighted by Crippen LogP contribution is 2.25. The lowest BCUT2D eigenvalue weighted by molar-refractivity contribution is -0.128. The van der Waals surface area contributed by atoms with E-state index in [1.807, 2.05) is 0 Å². The van der Waals surface area contributed by atoms with Gasteiger partial charge in [-0.15, -0.1) is 0 Å². The molecule has 1 aromatic carbocycles. The van der Waals surface area contributed by atoms with Crippen molar-refractivity contribution in [1.29, 1.82) is 0 Å². The van der Waals surface area contributed by atoms with E-state index in [0.717, 1.165) is 13.2 Å². The molecule has 3 rings (SSSR count). The first kappa shape index (κ1) is 18.6. The molecular weight excluding hydrogens is 362 g/mol. The first-order valence-electron chi connectivity index (χ1n) is 8.07. The normalized spacial score (nSPS) is 16.5. The second-order valence-corrected chi connectivity index (χ2v) is 6.05. The maximum absolute atomic E-state index is 14.0. The van der Waals surface area contributed by atoms with Crippen molar-refractivity contribution in [2.24, 2.45) is 5.92 Å². The van der Waals surface area contributed by atoms with Gasteiger partial charge in [-0.05, 0) is 18.2 Å². The van der Waals surface area contributed by atoms with Gasteiger partial charge in [0.05, 0.1) is 37.1 Å². The van der Waals surface area contributed by atoms with Gasteiger partial charge in [-0.25, -0.2) is 13.6 Å². The molecule has 9 heteroatoms. The van der Waals surface area contributed by atoms with Crippen LogP contribution in [0.1, 0.15) is 22.5 Å². The second-order valence-electron chi connectivity index (χ2n) is 6.05. The van der Waals surface area contributed by atoms with Gasteiger partial charge in [0.15, 0.2) is 0 Å². The molecule has 1 aliphatic heterocycles. The van der Waals surface area contributed by atoms with Crippen LogP contribution in [0, 0.1) is 17.6 Å². The number of furan rings is 1. The van der Waals surface area contributed by atoms with E-state index in [9.17, 15) is 23.2 Å². The fourth-order valence-corrected chi connectivity index (χ4v) is 2.84. The zero-order valence-corrected chi connectivity index (χ0v) is 14.3. The lowest BCUT2D eigenvalue weighted by atomic mass is 10.1. The molecule has 1 atom stereocenters. The van der Waals surface area contributed by atoms with Gasteiger partial charge in [0.25, 0.3) is 0 Å². The Labute approximate surface area is 152 Å². The number of halogens is 2. The number of hydrogen-bond donors (Lipinski definition) is 1. The van der Waals surface area contributed by atoms with Gasteiger partial charge in [-0.1, -0.05) is 0 Å². The monoisotopic (exact) mass is 378 g/mol. The lowest BCUT2D eigenvalue weighted by Crippen LogP contribution is -2.28. The zero-order chi connectivity index (χ0) is 19.6. The molecule has 0 unspecified atom stereocenters. The summed E-state index contributed by atoms with van der Waals surface area (Å²) in [5.41, 5.74) is -0.866. The highest BCUT2D eigenvalue weighted by Gasteiger charge is 2.35. The van der Waals surface area contributed by atoms with Crippen LogP contribution >= 0.6 is 0 Å². The number of methoxy groups -OCH3 is 1. The van der Waals surface area contributed by atoms with E-state index < -0.39 is 35.0 Å². The Morgan fingerprint density at radius 1 is 1.33 bits per heavy atom. The number of ether oxygens (including phenoxy) is 1. The van der Waals surface area contributed by atoms with Crippen molar-refractivity contribution in [2.45, 2.75) is 13.0 Å². The molecule has 2 heterocycles. The van der Waals surface area contributed by atoms with E-state index in [4.69, 9.17) is 4.42 Å².